The molecule has 100 valence electrons. The molecule has 3 nitrogen and oxygen atoms in total. The number of pyridine rings is 1. The second-order valence-electron chi connectivity index (χ2n) is 4.53. The number of hydrogen-bond acceptors (Lipinski definition) is 4. The van der Waals surface area contributed by atoms with Gasteiger partial charge in [-0.2, -0.15) is 0 Å². The average Bonchev–Trinajstić information content (AvgIpc) is 2.97. The molecular weight excluding hydrogens is 266 g/mol. The maximum absolute atomic E-state index is 5.68. The number of rotatable bonds is 4. The summed E-state index contributed by atoms with van der Waals surface area (Å²) in [6.07, 6.45) is 2.59. The Hall–Kier alpha value is -2.04. The minimum absolute atomic E-state index is 0.554. The fourth-order valence-electron chi connectivity index (χ4n) is 2.04. The summed E-state index contributed by atoms with van der Waals surface area (Å²) in [5, 5.41) is 3.17. The van der Waals surface area contributed by atoms with Gasteiger partial charge < -0.3 is 5.73 Å². The Kier molecular flexibility index (Phi) is 3.85. The molecule has 0 saturated heterocycles. The minimum atomic E-state index is 0.554. The number of hydrogen-bond donors (Lipinski definition) is 1. The molecular formula is C16H15N3S. The third kappa shape index (κ3) is 2.92. The van der Waals surface area contributed by atoms with Crippen LogP contribution in [0.5, 0.6) is 0 Å². The van der Waals surface area contributed by atoms with Gasteiger partial charge in [0, 0.05) is 35.8 Å². The first-order valence-corrected chi connectivity index (χ1v) is 7.37. The molecule has 1 aromatic carbocycles. The zero-order valence-corrected chi connectivity index (χ0v) is 11.8. The Morgan fingerprint density at radius 1 is 1.10 bits per heavy atom. The van der Waals surface area contributed by atoms with Crippen molar-refractivity contribution in [2.45, 2.75) is 13.0 Å². The Labute approximate surface area is 122 Å². The van der Waals surface area contributed by atoms with Gasteiger partial charge in [-0.1, -0.05) is 24.3 Å². The zero-order valence-electron chi connectivity index (χ0n) is 11.0. The van der Waals surface area contributed by atoms with Crippen molar-refractivity contribution in [3.8, 4) is 11.3 Å². The second kappa shape index (κ2) is 5.94. The summed E-state index contributed by atoms with van der Waals surface area (Å²) in [5.41, 5.74) is 9.98. The monoisotopic (exact) mass is 281 g/mol. The van der Waals surface area contributed by atoms with Crippen molar-refractivity contribution in [1.29, 1.82) is 0 Å². The summed E-state index contributed by atoms with van der Waals surface area (Å²) in [7, 11) is 0. The van der Waals surface area contributed by atoms with Crippen molar-refractivity contribution in [1.82, 2.24) is 9.97 Å². The van der Waals surface area contributed by atoms with E-state index in [1.165, 1.54) is 0 Å². The summed E-state index contributed by atoms with van der Waals surface area (Å²) < 4.78 is 0. The first kappa shape index (κ1) is 13.0. The number of aromatic nitrogens is 2. The van der Waals surface area contributed by atoms with E-state index in [0.29, 0.717) is 6.54 Å². The molecule has 2 N–H and O–H groups in total. The van der Waals surface area contributed by atoms with E-state index in [2.05, 4.69) is 27.5 Å². The fourth-order valence-corrected chi connectivity index (χ4v) is 2.86. The normalized spacial score (nSPS) is 10.7. The lowest BCUT2D eigenvalue weighted by Crippen LogP contribution is -1.96. The zero-order chi connectivity index (χ0) is 13.8. The molecule has 3 rings (SSSR count). The fraction of sp³-hybridized carbons (Fsp3) is 0.125. The van der Waals surface area contributed by atoms with Crippen molar-refractivity contribution < 1.29 is 0 Å². The van der Waals surface area contributed by atoms with E-state index in [0.717, 1.165) is 33.9 Å². The molecule has 0 atom stereocenters. The number of benzene rings is 1. The highest BCUT2D eigenvalue weighted by Gasteiger charge is 2.06. The molecule has 20 heavy (non-hydrogen) atoms. The van der Waals surface area contributed by atoms with Crippen molar-refractivity contribution in [3.63, 3.8) is 0 Å². The lowest BCUT2D eigenvalue weighted by atomic mass is 10.1. The molecule has 0 amide bonds. The molecule has 2 heterocycles. The quantitative estimate of drug-likeness (QED) is 0.798. The van der Waals surface area contributed by atoms with Crippen LogP contribution in [0, 0.1) is 0 Å². The molecule has 0 aliphatic rings. The smallest absolute Gasteiger partial charge is 0.0992 e. The highest BCUT2D eigenvalue weighted by atomic mass is 32.1. The van der Waals surface area contributed by atoms with Crippen LogP contribution in [0.1, 0.15) is 16.3 Å². The van der Waals surface area contributed by atoms with E-state index in [1.54, 1.807) is 11.3 Å². The van der Waals surface area contributed by atoms with Crippen LogP contribution in [0.2, 0.25) is 0 Å². The lowest BCUT2D eigenvalue weighted by Gasteiger charge is -2.00. The lowest BCUT2D eigenvalue weighted by molar-refractivity contribution is 1.05. The Morgan fingerprint density at radius 2 is 2.05 bits per heavy atom. The van der Waals surface area contributed by atoms with Crippen LogP contribution in [0.15, 0.2) is 54.0 Å². The highest BCUT2D eigenvalue weighted by Crippen LogP contribution is 2.23. The maximum atomic E-state index is 5.68. The molecule has 0 unspecified atom stereocenters. The summed E-state index contributed by atoms with van der Waals surface area (Å²) >= 11 is 1.67. The third-order valence-electron chi connectivity index (χ3n) is 3.07. The molecule has 0 bridgehead atoms. The summed E-state index contributed by atoms with van der Waals surface area (Å²) in [6.45, 7) is 0.554. The molecule has 4 heteroatoms. The number of nitrogens with two attached hydrogens (primary N) is 1. The van der Waals surface area contributed by atoms with Gasteiger partial charge in [-0.15, -0.1) is 11.3 Å². The van der Waals surface area contributed by atoms with Gasteiger partial charge in [0.2, 0.25) is 0 Å². The average molecular weight is 281 g/mol. The van der Waals surface area contributed by atoms with Crippen LogP contribution >= 0.6 is 11.3 Å². The van der Waals surface area contributed by atoms with E-state index < -0.39 is 0 Å². The van der Waals surface area contributed by atoms with Gasteiger partial charge in [0.05, 0.1) is 10.7 Å². The van der Waals surface area contributed by atoms with E-state index >= 15 is 0 Å². The second-order valence-corrected chi connectivity index (χ2v) is 5.47. The minimum Gasteiger partial charge on any atom is -0.326 e. The highest BCUT2D eigenvalue weighted by molar-refractivity contribution is 7.10. The van der Waals surface area contributed by atoms with Crippen LogP contribution in [-0.4, -0.2) is 9.97 Å². The van der Waals surface area contributed by atoms with Crippen LogP contribution in [0.3, 0.4) is 0 Å². The summed E-state index contributed by atoms with van der Waals surface area (Å²) in [4.78, 5) is 9.02. The van der Waals surface area contributed by atoms with Crippen molar-refractivity contribution in [3.05, 3.63) is 70.3 Å². The largest absolute Gasteiger partial charge is 0.326 e. The standard InChI is InChI=1S/C16H15N3S/c17-10-12-4-3-5-13(8-12)15-11-20-16(19-15)9-14-6-1-2-7-18-14/h1-8,11H,9-10,17H2. The van der Waals surface area contributed by atoms with Crippen LogP contribution in [0.25, 0.3) is 11.3 Å². The molecule has 0 fully saturated rings. The van der Waals surface area contributed by atoms with Crippen LogP contribution in [0.4, 0.5) is 0 Å². The van der Waals surface area contributed by atoms with E-state index in [-0.39, 0.29) is 0 Å². The van der Waals surface area contributed by atoms with Gasteiger partial charge in [0.15, 0.2) is 0 Å². The van der Waals surface area contributed by atoms with E-state index in [1.807, 2.05) is 36.5 Å². The van der Waals surface area contributed by atoms with Crippen molar-refractivity contribution in [2.24, 2.45) is 5.73 Å². The summed E-state index contributed by atoms with van der Waals surface area (Å²) in [6, 6.07) is 14.2. The molecule has 0 aliphatic carbocycles. The van der Waals surface area contributed by atoms with Crippen molar-refractivity contribution >= 4 is 11.3 Å². The first-order valence-electron chi connectivity index (χ1n) is 6.49. The molecule has 0 aliphatic heterocycles. The number of thiazole rings is 1. The molecule has 0 saturated carbocycles. The Balaban J connectivity index is 1.83. The Bertz CT molecular complexity index is 692. The molecule has 2 aromatic heterocycles. The van der Waals surface area contributed by atoms with Crippen molar-refractivity contribution in [2.75, 3.05) is 0 Å². The van der Waals surface area contributed by atoms with Gasteiger partial charge in [0.1, 0.15) is 0 Å². The summed E-state index contributed by atoms with van der Waals surface area (Å²) in [5.74, 6) is 0. The van der Waals surface area contributed by atoms with Gasteiger partial charge in [-0.3, -0.25) is 4.98 Å². The number of nitrogens with zero attached hydrogens (tertiary/aromatic N) is 2. The van der Waals surface area contributed by atoms with Crippen LogP contribution < -0.4 is 5.73 Å². The van der Waals surface area contributed by atoms with Gasteiger partial charge in [-0.25, -0.2) is 4.98 Å². The SMILES string of the molecule is NCc1cccc(-c2csc(Cc3ccccn3)n2)c1. The van der Waals surface area contributed by atoms with E-state index in [4.69, 9.17) is 5.73 Å². The molecule has 3 aromatic rings. The third-order valence-corrected chi connectivity index (χ3v) is 3.92. The molecule has 0 spiro atoms. The predicted octanol–water partition coefficient (Wildman–Crippen LogP) is 3.25. The van der Waals surface area contributed by atoms with Crippen LogP contribution in [-0.2, 0) is 13.0 Å². The Morgan fingerprint density at radius 3 is 2.85 bits per heavy atom. The maximum Gasteiger partial charge on any atom is 0.0992 e. The first-order chi connectivity index (χ1) is 9.85. The topological polar surface area (TPSA) is 51.8 Å². The predicted molar refractivity (Wildman–Crippen MR) is 82.5 cm³/mol. The molecule has 0 radical (unpaired) electrons. The van der Waals surface area contributed by atoms with Gasteiger partial charge in [-0.05, 0) is 23.8 Å². The van der Waals surface area contributed by atoms with Gasteiger partial charge in [0.25, 0.3) is 0 Å². The van der Waals surface area contributed by atoms with E-state index in [9.17, 15) is 0 Å². The van der Waals surface area contributed by atoms with Gasteiger partial charge >= 0.3 is 0 Å².